The minimum absolute atomic E-state index is 0.105. The number of rotatable bonds is 5. The highest BCUT2D eigenvalue weighted by molar-refractivity contribution is 9.10. The summed E-state index contributed by atoms with van der Waals surface area (Å²) in [6, 6.07) is 5.93. The lowest BCUT2D eigenvalue weighted by atomic mass is 10.1. The molecule has 0 spiro atoms. The summed E-state index contributed by atoms with van der Waals surface area (Å²) in [5.74, 6) is 1.01. The zero-order valence-electron chi connectivity index (χ0n) is 12.9. The van der Waals surface area contributed by atoms with Gasteiger partial charge < -0.3 is 9.64 Å². The first-order chi connectivity index (χ1) is 10.0. The highest BCUT2D eigenvalue weighted by atomic mass is 79.9. The monoisotopic (exact) mass is 354 g/mol. The van der Waals surface area contributed by atoms with E-state index >= 15 is 0 Å². The average Bonchev–Trinajstić information content (AvgIpc) is 3.00. The zero-order chi connectivity index (χ0) is 15.4. The van der Waals surface area contributed by atoms with Gasteiger partial charge in [-0.2, -0.15) is 0 Å². The van der Waals surface area contributed by atoms with E-state index < -0.39 is 0 Å². The molecular formula is C16H23BrN2O2. The van der Waals surface area contributed by atoms with Crippen molar-refractivity contribution < 1.29 is 9.53 Å². The Morgan fingerprint density at radius 3 is 2.57 bits per heavy atom. The van der Waals surface area contributed by atoms with Crippen molar-refractivity contribution in [3.63, 3.8) is 0 Å². The summed E-state index contributed by atoms with van der Waals surface area (Å²) in [7, 11) is 1.65. The lowest BCUT2D eigenvalue weighted by molar-refractivity contribution is -0.132. The normalized spacial score (nSPS) is 17.6. The lowest BCUT2D eigenvalue weighted by Crippen LogP contribution is -2.44. The van der Waals surface area contributed by atoms with Crippen LogP contribution in [0.5, 0.6) is 5.75 Å². The van der Waals surface area contributed by atoms with E-state index in [-0.39, 0.29) is 18.0 Å². The molecule has 1 saturated heterocycles. The SMILES string of the molecule is COc1ccc(C(C)NC(C)C(=O)N2CCCC2)cc1Br. The molecule has 116 valence electrons. The Morgan fingerprint density at radius 1 is 1.33 bits per heavy atom. The molecule has 0 saturated carbocycles. The van der Waals surface area contributed by atoms with E-state index in [1.165, 1.54) is 0 Å². The molecule has 0 radical (unpaired) electrons. The van der Waals surface area contributed by atoms with E-state index in [1.54, 1.807) is 7.11 Å². The first kappa shape index (κ1) is 16.3. The third-order valence-corrected chi connectivity index (χ3v) is 4.58. The van der Waals surface area contributed by atoms with Gasteiger partial charge in [0.25, 0.3) is 0 Å². The van der Waals surface area contributed by atoms with Crippen molar-refractivity contribution in [2.24, 2.45) is 0 Å². The summed E-state index contributed by atoms with van der Waals surface area (Å²) in [5.41, 5.74) is 1.13. The van der Waals surface area contributed by atoms with E-state index in [0.29, 0.717) is 0 Å². The number of likely N-dealkylation sites (tertiary alicyclic amines) is 1. The summed E-state index contributed by atoms with van der Waals surface area (Å²) in [6.07, 6.45) is 2.25. The molecule has 1 aliphatic heterocycles. The summed E-state index contributed by atoms with van der Waals surface area (Å²) >= 11 is 3.50. The zero-order valence-corrected chi connectivity index (χ0v) is 14.4. The smallest absolute Gasteiger partial charge is 0.239 e. The van der Waals surface area contributed by atoms with Crippen molar-refractivity contribution in [1.82, 2.24) is 10.2 Å². The molecular weight excluding hydrogens is 332 g/mol. The van der Waals surface area contributed by atoms with Crippen LogP contribution in [0.2, 0.25) is 0 Å². The maximum atomic E-state index is 12.3. The number of methoxy groups -OCH3 is 1. The number of halogens is 1. The minimum Gasteiger partial charge on any atom is -0.496 e. The van der Waals surface area contributed by atoms with Crippen LogP contribution in [0.4, 0.5) is 0 Å². The van der Waals surface area contributed by atoms with Gasteiger partial charge in [0.1, 0.15) is 5.75 Å². The molecule has 0 aliphatic carbocycles. The Balaban J connectivity index is 1.98. The molecule has 1 aromatic carbocycles. The predicted molar refractivity (Wildman–Crippen MR) is 87.5 cm³/mol. The van der Waals surface area contributed by atoms with Gasteiger partial charge in [-0.1, -0.05) is 6.07 Å². The molecule has 2 rings (SSSR count). The number of hydrogen-bond acceptors (Lipinski definition) is 3. The average molecular weight is 355 g/mol. The fourth-order valence-electron chi connectivity index (χ4n) is 2.71. The summed E-state index contributed by atoms with van der Waals surface area (Å²) in [6.45, 7) is 5.80. The van der Waals surface area contributed by atoms with Crippen molar-refractivity contribution in [2.45, 2.75) is 38.8 Å². The Morgan fingerprint density at radius 2 is 2.00 bits per heavy atom. The molecule has 21 heavy (non-hydrogen) atoms. The molecule has 5 heteroatoms. The van der Waals surface area contributed by atoms with Gasteiger partial charge in [-0.15, -0.1) is 0 Å². The quantitative estimate of drug-likeness (QED) is 0.883. The third-order valence-electron chi connectivity index (χ3n) is 3.96. The highest BCUT2D eigenvalue weighted by Gasteiger charge is 2.24. The Labute approximate surface area is 135 Å². The van der Waals surface area contributed by atoms with Crippen LogP contribution in [0, 0.1) is 0 Å². The van der Waals surface area contributed by atoms with Gasteiger partial charge in [0, 0.05) is 19.1 Å². The fourth-order valence-corrected chi connectivity index (χ4v) is 3.26. The van der Waals surface area contributed by atoms with Crippen LogP contribution in [0.15, 0.2) is 22.7 Å². The van der Waals surface area contributed by atoms with Crippen LogP contribution in [0.25, 0.3) is 0 Å². The molecule has 4 nitrogen and oxygen atoms in total. The van der Waals surface area contributed by atoms with Crippen molar-refractivity contribution in [3.8, 4) is 5.75 Å². The maximum Gasteiger partial charge on any atom is 0.239 e. The second-order valence-electron chi connectivity index (χ2n) is 5.54. The van der Waals surface area contributed by atoms with Crippen molar-refractivity contribution in [3.05, 3.63) is 28.2 Å². The lowest BCUT2D eigenvalue weighted by Gasteiger charge is -2.24. The molecule has 1 heterocycles. The first-order valence-electron chi connectivity index (χ1n) is 7.41. The van der Waals surface area contributed by atoms with Gasteiger partial charge >= 0.3 is 0 Å². The van der Waals surface area contributed by atoms with Crippen LogP contribution in [-0.4, -0.2) is 37.0 Å². The van der Waals surface area contributed by atoms with Gasteiger partial charge in [-0.3, -0.25) is 10.1 Å². The molecule has 1 aliphatic rings. The van der Waals surface area contributed by atoms with Crippen molar-refractivity contribution >= 4 is 21.8 Å². The number of amides is 1. The van der Waals surface area contributed by atoms with Crippen molar-refractivity contribution in [2.75, 3.05) is 20.2 Å². The number of carbonyl (C=O) groups excluding carboxylic acids is 1. The van der Waals surface area contributed by atoms with Crippen molar-refractivity contribution in [1.29, 1.82) is 0 Å². The molecule has 1 aromatic rings. The number of hydrogen-bond donors (Lipinski definition) is 1. The molecule has 1 N–H and O–H groups in total. The van der Waals surface area contributed by atoms with Gasteiger partial charge in [0.15, 0.2) is 0 Å². The van der Waals surface area contributed by atoms with Crippen LogP contribution in [0.3, 0.4) is 0 Å². The predicted octanol–water partition coefficient (Wildman–Crippen LogP) is 3.12. The summed E-state index contributed by atoms with van der Waals surface area (Å²) in [5, 5.41) is 3.38. The van der Waals surface area contributed by atoms with Crippen LogP contribution in [-0.2, 0) is 4.79 Å². The Kier molecular flexibility index (Phi) is 5.65. The van der Waals surface area contributed by atoms with Gasteiger partial charge in [0.05, 0.1) is 17.6 Å². The molecule has 0 aromatic heterocycles. The number of nitrogens with zero attached hydrogens (tertiary/aromatic N) is 1. The first-order valence-corrected chi connectivity index (χ1v) is 8.20. The topological polar surface area (TPSA) is 41.6 Å². The fraction of sp³-hybridized carbons (Fsp3) is 0.562. The Hall–Kier alpha value is -1.07. The minimum atomic E-state index is -0.168. The Bertz CT molecular complexity index is 501. The number of ether oxygens (including phenoxy) is 1. The van der Waals surface area contributed by atoms with E-state index in [1.807, 2.05) is 30.0 Å². The van der Waals surface area contributed by atoms with E-state index in [9.17, 15) is 4.79 Å². The number of nitrogens with one attached hydrogen (secondary N) is 1. The highest BCUT2D eigenvalue weighted by Crippen LogP contribution is 2.28. The summed E-state index contributed by atoms with van der Waals surface area (Å²) < 4.78 is 6.16. The molecule has 2 unspecified atom stereocenters. The number of benzene rings is 1. The maximum absolute atomic E-state index is 12.3. The standard InChI is InChI=1S/C16H23BrN2O2/c1-11(13-6-7-15(21-3)14(17)10-13)18-12(2)16(20)19-8-4-5-9-19/h6-7,10-12,18H,4-5,8-9H2,1-3H3. The molecule has 1 fully saturated rings. The second-order valence-corrected chi connectivity index (χ2v) is 6.39. The van der Waals surface area contributed by atoms with Crippen LogP contribution < -0.4 is 10.1 Å². The van der Waals surface area contributed by atoms with Gasteiger partial charge in [0.2, 0.25) is 5.91 Å². The molecule has 2 atom stereocenters. The largest absolute Gasteiger partial charge is 0.496 e. The number of carbonyl (C=O) groups is 1. The molecule has 1 amide bonds. The van der Waals surface area contributed by atoms with E-state index in [2.05, 4.69) is 28.2 Å². The summed E-state index contributed by atoms with van der Waals surface area (Å²) in [4.78, 5) is 14.3. The van der Waals surface area contributed by atoms with Gasteiger partial charge in [-0.25, -0.2) is 0 Å². The van der Waals surface area contributed by atoms with Gasteiger partial charge in [-0.05, 0) is 60.3 Å². The second kappa shape index (κ2) is 7.27. The van der Waals surface area contributed by atoms with E-state index in [0.717, 1.165) is 41.7 Å². The third kappa shape index (κ3) is 3.98. The molecule has 0 bridgehead atoms. The van der Waals surface area contributed by atoms with Crippen LogP contribution in [0.1, 0.15) is 38.3 Å². The van der Waals surface area contributed by atoms with Crippen LogP contribution >= 0.6 is 15.9 Å². The van der Waals surface area contributed by atoms with E-state index in [4.69, 9.17) is 4.74 Å².